The van der Waals surface area contributed by atoms with Crippen LogP contribution in [0.1, 0.15) is 52.4 Å². The molecule has 16 heavy (non-hydrogen) atoms. The molecule has 1 N–H and O–H groups in total. The first-order valence-corrected chi connectivity index (χ1v) is 6.20. The van der Waals surface area contributed by atoms with Crippen molar-refractivity contribution in [2.75, 3.05) is 13.7 Å². The maximum absolute atomic E-state index is 10.9. The van der Waals surface area contributed by atoms with Gasteiger partial charge in [-0.05, 0) is 13.3 Å². The minimum absolute atomic E-state index is 0.298. The summed E-state index contributed by atoms with van der Waals surface area (Å²) in [6.07, 6.45) is 9.20. The summed E-state index contributed by atoms with van der Waals surface area (Å²) in [7, 11) is 1.39. The number of unbranched alkanes of at least 4 members (excludes halogenated alkanes) is 5. The number of allylic oxidation sites excluding steroid dienone is 1. The Balaban J connectivity index is 3.37. The third-order valence-electron chi connectivity index (χ3n) is 2.47. The topological polar surface area (TPSA) is 38.3 Å². The van der Waals surface area contributed by atoms with Crippen LogP contribution in [0, 0.1) is 0 Å². The maximum atomic E-state index is 10.9. The molecular formula is C13H25NO2. The van der Waals surface area contributed by atoms with Gasteiger partial charge in [0.2, 0.25) is 0 Å². The first-order valence-electron chi connectivity index (χ1n) is 6.20. The van der Waals surface area contributed by atoms with Crippen molar-refractivity contribution in [3.05, 3.63) is 11.8 Å². The van der Waals surface area contributed by atoms with Gasteiger partial charge in [-0.1, -0.05) is 39.0 Å². The van der Waals surface area contributed by atoms with Crippen LogP contribution in [0.3, 0.4) is 0 Å². The van der Waals surface area contributed by atoms with Crippen LogP contribution >= 0.6 is 0 Å². The van der Waals surface area contributed by atoms with Gasteiger partial charge in [0.1, 0.15) is 0 Å². The lowest BCUT2D eigenvalue weighted by Gasteiger charge is -2.05. The summed E-state index contributed by atoms with van der Waals surface area (Å²) in [5.41, 5.74) is 0.875. The van der Waals surface area contributed by atoms with Crippen molar-refractivity contribution in [3.63, 3.8) is 0 Å². The monoisotopic (exact) mass is 227 g/mol. The molecule has 3 nitrogen and oxygen atoms in total. The van der Waals surface area contributed by atoms with Crippen molar-refractivity contribution in [1.29, 1.82) is 0 Å². The molecule has 0 bridgehead atoms. The fourth-order valence-corrected chi connectivity index (χ4v) is 1.48. The van der Waals surface area contributed by atoms with Crippen molar-refractivity contribution in [2.24, 2.45) is 0 Å². The molecule has 0 aromatic heterocycles. The molecule has 0 aromatic rings. The van der Waals surface area contributed by atoms with Gasteiger partial charge in [0, 0.05) is 18.3 Å². The molecule has 0 aliphatic rings. The zero-order valence-electron chi connectivity index (χ0n) is 10.8. The minimum Gasteiger partial charge on any atom is -0.466 e. The average Bonchev–Trinajstić information content (AvgIpc) is 2.27. The molecule has 3 heteroatoms. The summed E-state index contributed by atoms with van der Waals surface area (Å²) in [6.45, 7) is 5.04. The number of carbonyl (C=O) groups excluding carboxylic acids is 1. The van der Waals surface area contributed by atoms with Crippen LogP contribution in [0.5, 0.6) is 0 Å². The second-order valence-corrected chi connectivity index (χ2v) is 4.05. The number of ether oxygens (including phenoxy) is 1. The Bertz CT molecular complexity index is 212. The summed E-state index contributed by atoms with van der Waals surface area (Å²) in [5.74, 6) is -0.298. The van der Waals surface area contributed by atoms with Gasteiger partial charge in [0.15, 0.2) is 0 Å². The van der Waals surface area contributed by atoms with E-state index in [1.807, 2.05) is 6.92 Å². The van der Waals surface area contributed by atoms with Gasteiger partial charge in [-0.25, -0.2) is 4.79 Å². The number of hydrogen-bond donors (Lipinski definition) is 1. The van der Waals surface area contributed by atoms with Gasteiger partial charge in [0.25, 0.3) is 0 Å². The summed E-state index contributed by atoms with van der Waals surface area (Å²) in [6, 6.07) is 0. The Morgan fingerprint density at radius 3 is 2.44 bits per heavy atom. The van der Waals surface area contributed by atoms with E-state index in [4.69, 9.17) is 0 Å². The molecule has 0 saturated carbocycles. The van der Waals surface area contributed by atoms with E-state index < -0.39 is 0 Å². The lowest BCUT2D eigenvalue weighted by atomic mass is 10.1. The molecule has 0 spiro atoms. The van der Waals surface area contributed by atoms with Crippen LogP contribution < -0.4 is 5.32 Å². The molecule has 0 unspecified atom stereocenters. The van der Waals surface area contributed by atoms with E-state index in [0.717, 1.165) is 18.7 Å². The zero-order valence-corrected chi connectivity index (χ0v) is 10.8. The van der Waals surface area contributed by atoms with E-state index in [0.29, 0.717) is 0 Å². The van der Waals surface area contributed by atoms with Crippen molar-refractivity contribution in [3.8, 4) is 0 Å². The first-order chi connectivity index (χ1) is 7.70. The van der Waals surface area contributed by atoms with E-state index in [2.05, 4.69) is 17.0 Å². The van der Waals surface area contributed by atoms with Crippen molar-refractivity contribution < 1.29 is 9.53 Å². The highest BCUT2D eigenvalue weighted by Gasteiger charge is 1.95. The molecular weight excluding hydrogens is 202 g/mol. The van der Waals surface area contributed by atoms with Crippen molar-refractivity contribution >= 4 is 5.97 Å². The third-order valence-corrected chi connectivity index (χ3v) is 2.47. The predicted octanol–water partition coefficient (Wildman–Crippen LogP) is 3.01. The van der Waals surface area contributed by atoms with Crippen LogP contribution in [0.25, 0.3) is 0 Å². The molecule has 94 valence electrons. The third kappa shape index (κ3) is 9.56. The van der Waals surface area contributed by atoms with Gasteiger partial charge in [-0.2, -0.15) is 0 Å². The van der Waals surface area contributed by atoms with E-state index in [1.54, 1.807) is 0 Å². The fourth-order valence-electron chi connectivity index (χ4n) is 1.48. The second-order valence-electron chi connectivity index (χ2n) is 4.05. The Hall–Kier alpha value is -0.990. The average molecular weight is 227 g/mol. The summed E-state index contributed by atoms with van der Waals surface area (Å²) in [5, 5.41) is 3.20. The lowest BCUT2D eigenvalue weighted by molar-refractivity contribution is -0.134. The molecule has 0 atom stereocenters. The number of nitrogens with one attached hydrogen (secondary N) is 1. The first kappa shape index (κ1) is 15.0. The second kappa shape index (κ2) is 10.5. The van der Waals surface area contributed by atoms with Crippen molar-refractivity contribution in [1.82, 2.24) is 5.32 Å². The highest BCUT2D eigenvalue weighted by atomic mass is 16.5. The molecule has 0 amide bonds. The Morgan fingerprint density at radius 2 is 1.81 bits per heavy atom. The minimum atomic E-state index is -0.298. The fraction of sp³-hybridized carbons (Fsp3) is 0.769. The molecule has 0 heterocycles. The van der Waals surface area contributed by atoms with Crippen LogP contribution in [0.15, 0.2) is 11.8 Å². The largest absolute Gasteiger partial charge is 0.466 e. The quantitative estimate of drug-likeness (QED) is 0.374. The standard InChI is InChI=1S/C13H25NO2/c1-4-5-6-7-8-9-10-14-12(2)11-13(15)16-3/h11,14H,4-10H2,1-3H3. The highest BCUT2D eigenvalue weighted by Crippen LogP contribution is 2.04. The molecule has 0 radical (unpaired) electrons. The smallest absolute Gasteiger partial charge is 0.332 e. The van der Waals surface area contributed by atoms with Crippen LogP contribution in [-0.2, 0) is 9.53 Å². The normalized spacial score (nSPS) is 11.3. The van der Waals surface area contributed by atoms with E-state index in [9.17, 15) is 4.79 Å². The van der Waals surface area contributed by atoms with Crippen LogP contribution in [0.4, 0.5) is 0 Å². The summed E-state index contributed by atoms with van der Waals surface area (Å²) in [4.78, 5) is 10.9. The van der Waals surface area contributed by atoms with E-state index >= 15 is 0 Å². The number of hydrogen-bond acceptors (Lipinski definition) is 3. The maximum Gasteiger partial charge on any atom is 0.332 e. The molecule has 0 saturated heterocycles. The van der Waals surface area contributed by atoms with Crippen LogP contribution in [-0.4, -0.2) is 19.6 Å². The Labute approximate surface area is 99.3 Å². The number of esters is 1. The molecule has 0 aromatic carbocycles. The molecule has 0 fully saturated rings. The zero-order chi connectivity index (χ0) is 12.2. The molecule has 0 aliphatic carbocycles. The van der Waals surface area contributed by atoms with Gasteiger partial charge < -0.3 is 10.1 Å². The van der Waals surface area contributed by atoms with Crippen LogP contribution in [0.2, 0.25) is 0 Å². The van der Waals surface area contributed by atoms with Crippen molar-refractivity contribution in [2.45, 2.75) is 52.4 Å². The number of carbonyl (C=O) groups is 1. The highest BCUT2D eigenvalue weighted by molar-refractivity contribution is 5.82. The lowest BCUT2D eigenvalue weighted by Crippen LogP contribution is -2.14. The van der Waals surface area contributed by atoms with Gasteiger partial charge in [-0.15, -0.1) is 0 Å². The van der Waals surface area contributed by atoms with Gasteiger partial charge >= 0.3 is 5.97 Å². The number of methoxy groups -OCH3 is 1. The summed E-state index contributed by atoms with van der Waals surface area (Å²) < 4.78 is 4.54. The molecule has 0 aliphatic heterocycles. The van der Waals surface area contributed by atoms with E-state index in [1.165, 1.54) is 45.3 Å². The van der Waals surface area contributed by atoms with Gasteiger partial charge in [-0.3, -0.25) is 0 Å². The predicted molar refractivity (Wildman–Crippen MR) is 67.2 cm³/mol. The Kier molecular flexibility index (Phi) is 9.87. The Morgan fingerprint density at radius 1 is 1.19 bits per heavy atom. The molecule has 0 rings (SSSR count). The van der Waals surface area contributed by atoms with Gasteiger partial charge in [0.05, 0.1) is 7.11 Å². The summed E-state index contributed by atoms with van der Waals surface area (Å²) >= 11 is 0. The number of rotatable bonds is 9. The van der Waals surface area contributed by atoms with E-state index in [-0.39, 0.29) is 5.97 Å². The SMILES string of the molecule is CCCCCCCCNC(C)=CC(=O)OC.